The summed E-state index contributed by atoms with van der Waals surface area (Å²) in [6.45, 7) is 8.54. The number of nitrogens with zero attached hydrogens (tertiary/aromatic N) is 2. The Balaban J connectivity index is 1.76. The molecule has 13 nitrogen and oxygen atoms in total. The number of hydrogen-bond acceptors (Lipinski definition) is 6. The van der Waals surface area contributed by atoms with Crippen LogP contribution >= 0.6 is 0 Å². The van der Waals surface area contributed by atoms with Crippen LogP contribution < -0.4 is 16.0 Å². The quantitative estimate of drug-likeness (QED) is 0.230. The van der Waals surface area contributed by atoms with Gasteiger partial charge >= 0.3 is 24.0 Å². The van der Waals surface area contributed by atoms with Gasteiger partial charge in [0.1, 0.15) is 17.6 Å². The number of nitrogens with one attached hydrogen (secondary N) is 3. The van der Waals surface area contributed by atoms with Crippen LogP contribution in [0.15, 0.2) is 48.5 Å². The Morgan fingerprint density at radius 3 is 2.12 bits per heavy atom. The molecule has 6 amide bonds. The van der Waals surface area contributed by atoms with Gasteiger partial charge in [0.25, 0.3) is 5.91 Å². The molecule has 0 aliphatic carbocycles. The highest BCUT2D eigenvalue weighted by atomic mass is 16.4. The number of anilines is 2. The van der Waals surface area contributed by atoms with E-state index in [1.807, 2.05) is 25.1 Å². The first-order chi connectivity index (χ1) is 20.1. The van der Waals surface area contributed by atoms with Crippen molar-refractivity contribution in [2.45, 2.75) is 71.6 Å². The molecule has 43 heavy (non-hydrogen) atoms. The minimum absolute atomic E-state index is 0.0105. The Hall–Kier alpha value is -4.94. The highest BCUT2D eigenvalue weighted by Gasteiger charge is 2.54. The molecule has 0 spiro atoms. The molecule has 1 aliphatic heterocycles. The van der Waals surface area contributed by atoms with Gasteiger partial charge in [-0.15, -0.1) is 0 Å². The summed E-state index contributed by atoms with van der Waals surface area (Å²) in [6.07, 6.45) is -0.828. The highest BCUT2D eigenvalue weighted by Crippen LogP contribution is 2.33. The first-order valence-corrected chi connectivity index (χ1v) is 13.7. The molecule has 1 heterocycles. The molecule has 5 N–H and O–H groups in total. The van der Waals surface area contributed by atoms with Gasteiger partial charge in [0.2, 0.25) is 5.91 Å². The van der Waals surface area contributed by atoms with Crippen LogP contribution in [0.5, 0.6) is 0 Å². The molecular formula is C30H37N5O8. The number of carbonyl (C=O) groups excluding carboxylic acids is 4. The molecule has 2 aromatic rings. The van der Waals surface area contributed by atoms with Gasteiger partial charge in [-0.05, 0) is 62.4 Å². The highest BCUT2D eigenvalue weighted by molar-refractivity contribution is 6.09. The zero-order valence-electron chi connectivity index (χ0n) is 24.7. The van der Waals surface area contributed by atoms with E-state index in [1.165, 1.54) is 4.90 Å². The van der Waals surface area contributed by atoms with Gasteiger partial charge in [0.05, 0.1) is 6.42 Å². The first kappa shape index (κ1) is 32.6. The predicted octanol–water partition coefficient (Wildman–Crippen LogP) is 3.64. The van der Waals surface area contributed by atoms with E-state index >= 15 is 0 Å². The van der Waals surface area contributed by atoms with E-state index in [4.69, 9.17) is 5.11 Å². The number of amides is 6. The second kappa shape index (κ2) is 13.4. The smallest absolute Gasteiger partial charge is 0.328 e. The number of carbonyl (C=O) groups is 6. The molecule has 1 saturated heterocycles. The summed E-state index contributed by atoms with van der Waals surface area (Å²) < 4.78 is 0. The normalized spacial score (nSPS) is 15.7. The fraction of sp³-hybridized carbons (Fsp3) is 0.400. The summed E-state index contributed by atoms with van der Waals surface area (Å²) in [5.74, 6) is -4.72. The Morgan fingerprint density at radius 1 is 0.930 bits per heavy atom. The van der Waals surface area contributed by atoms with E-state index in [0.717, 1.165) is 10.5 Å². The third kappa shape index (κ3) is 7.87. The monoisotopic (exact) mass is 595 g/mol. The molecule has 3 rings (SSSR count). The number of carboxylic acid groups (broad SMARTS) is 2. The lowest BCUT2D eigenvalue weighted by molar-refractivity contribution is -0.148. The fourth-order valence-corrected chi connectivity index (χ4v) is 4.70. The number of benzene rings is 2. The van der Waals surface area contributed by atoms with Gasteiger partial charge < -0.3 is 31.1 Å². The van der Waals surface area contributed by atoms with Crippen LogP contribution in [-0.4, -0.2) is 73.5 Å². The summed E-state index contributed by atoms with van der Waals surface area (Å²) in [5.41, 5.74) is 1.39. The lowest BCUT2D eigenvalue weighted by Gasteiger charge is -2.28. The second-order valence-corrected chi connectivity index (χ2v) is 11.3. The Bertz CT molecular complexity index is 1410. The van der Waals surface area contributed by atoms with E-state index in [0.29, 0.717) is 16.9 Å². The number of carboxylic acids is 2. The van der Waals surface area contributed by atoms with Crippen molar-refractivity contribution in [1.82, 2.24) is 15.1 Å². The molecule has 0 bridgehead atoms. The predicted molar refractivity (Wildman–Crippen MR) is 157 cm³/mol. The molecular weight excluding hydrogens is 558 g/mol. The molecule has 13 heteroatoms. The van der Waals surface area contributed by atoms with Crippen LogP contribution in [0, 0.1) is 12.8 Å². The van der Waals surface area contributed by atoms with Gasteiger partial charge in [-0.3, -0.25) is 14.4 Å². The maximum Gasteiger partial charge on any atom is 0.328 e. The lowest BCUT2D eigenvalue weighted by Crippen LogP contribution is -2.54. The van der Waals surface area contributed by atoms with E-state index in [1.54, 1.807) is 58.0 Å². The van der Waals surface area contributed by atoms with Gasteiger partial charge in [-0.1, -0.05) is 44.2 Å². The molecule has 1 unspecified atom stereocenters. The molecule has 2 aromatic carbocycles. The van der Waals surface area contributed by atoms with E-state index < -0.39 is 59.9 Å². The molecule has 0 radical (unpaired) electrons. The summed E-state index contributed by atoms with van der Waals surface area (Å²) in [6, 6.07) is 9.80. The average Bonchev–Trinajstić information content (AvgIpc) is 3.07. The SMILES string of the molecule is Cc1ccccc1NC(=O)Nc1ccc(CN2C(=O)N(C(CC(C)C)C(=O)N[C@@H](CC(=O)O)C(=O)O)C(=O)C2(C)C)cc1. The average molecular weight is 596 g/mol. The lowest BCUT2D eigenvalue weighted by atomic mass is 9.99. The van der Waals surface area contributed by atoms with E-state index in [9.17, 15) is 33.9 Å². The van der Waals surface area contributed by atoms with Crippen molar-refractivity contribution in [1.29, 1.82) is 0 Å². The number of aliphatic carboxylic acids is 2. The third-order valence-electron chi connectivity index (χ3n) is 7.10. The summed E-state index contributed by atoms with van der Waals surface area (Å²) in [5, 5.41) is 26.1. The maximum atomic E-state index is 13.6. The van der Waals surface area contributed by atoms with Gasteiger partial charge in [-0.2, -0.15) is 0 Å². The van der Waals surface area contributed by atoms with Crippen molar-refractivity contribution in [3.8, 4) is 0 Å². The maximum absolute atomic E-state index is 13.6. The number of urea groups is 2. The van der Waals surface area contributed by atoms with E-state index in [2.05, 4.69) is 16.0 Å². The van der Waals surface area contributed by atoms with Gasteiger partial charge in [-0.25, -0.2) is 19.3 Å². The first-order valence-electron chi connectivity index (χ1n) is 13.7. The summed E-state index contributed by atoms with van der Waals surface area (Å²) in [7, 11) is 0. The van der Waals surface area contributed by atoms with Crippen LogP contribution in [-0.2, 0) is 25.7 Å². The van der Waals surface area contributed by atoms with Crippen LogP contribution in [0.4, 0.5) is 21.0 Å². The largest absolute Gasteiger partial charge is 0.481 e. The number of para-hydroxylation sites is 1. The van der Waals surface area contributed by atoms with Crippen molar-refractivity contribution >= 4 is 47.2 Å². The standard InChI is InChI=1S/C30H37N5O8/c1-17(2)14-23(25(38)32-22(26(39)40)15-24(36)37)35-27(41)30(4,5)34(29(35)43)16-19-10-12-20(13-11-19)31-28(42)33-21-9-7-6-8-18(21)3/h6-13,17,22-23H,14-16H2,1-5H3,(H,32,38)(H,36,37)(H,39,40)(H2,31,33,42)/t22-,23?/m0/s1. The minimum atomic E-state index is -1.73. The molecule has 1 aliphatic rings. The Kier molecular flexibility index (Phi) is 10.1. The fourth-order valence-electron chi connectivity index (χ4n) is 4.70. The second-order valence-electron chi connectivity index (χ2n) is 11.3. The van der Waals surface area contributed by atoms with E-state index in [-0.39, 0.29) is 18.9 Å². The Morgan fingerprint density at radius 2 is 1.56 bits per heavy atom. The van der Waals surface area contributed by atoms with Crippen molar-refractivity contribution in [3.63, 3.8) is 0 Å². The molecule has 230 valence electrons. The van der Waals surface area contributed by atoms with Crippen molar-refractivity contribution < 1.29 is 39.0 Å². The van der Waals surface area contributed by atoms with Gasteiger partial charge in [0, 0.05) is 17.9 Å². The number of aryl methyl sites for hydroxylation is 1. The molecule has 2 atom stereocenters. The van der Waals surface area contributed by atoms with Crippen LogP contribution in [0.25, 0.3) is 0 Å². The van der Waals surface area contributed by atoms with Crippen LogP contribution in [0.1, 0.15) is 51.7 Å². The van der Waals surface area contributed by atoms with Crippen molar-refractivity contribution in [3.05, 3.63) is 59.7 Å². The summed E-state index contributed by atoms with van der Waals surface area (Å²) >= 11 is 0. The third-order valence-corrected chi connectivity index (χ3v) is 7.10. The zero-order valence-corrected chi connectivity index (χ0v) is 24.7. The Labute approximate surface area is 249 Å². The van der Waals surface area contributed by atoms with Crippen LogP contribution in [0.3, 0.4) is 0 Å². The van der Waals surface area contributed by atoms with Crippen molar-refractivity contribution in [2.24, 2.45) is 5.92 Å². The minimum Gasteiger partial charge on any atom is -0.481 e. The van der Waals surface area contributed by atoms with Gasteiger partial charge in [0.15, 0.2) is 0 Å². The molecule has 0 aromatic heterocycles. The zero-order chi connectivity index (χ0) is 32.1. The number of rotatable bonds is 12. The topological polar surface area (TPSA) is 185 Å². The van der Waals surface area contributed by atoms with Crippen molar-refractivity contribution in [2.75, 3.05) is 10.6 Å². The molecule has 1 fully saturated rings. The summed E-state index contributed by atoms with van der Waals surface area (Å²) in [4.78, 5) is 77.6. The number of imide groups is 1. The van der Waals surface area contributed by atoms with Crippen LogP contribution in [0.2, 0.25) is 0 Å². The molecule has 0 saturated carbocycles. The number of hydrogen-bond donors (Lipinski definition) is 5.